The van der Waals surface area contributed by atoms with E-state index < -0.39 is 0 Å². The van der Waals surface area contributed by atoms with Gasteiger partial charge in [0.15, 0.2) is 0 Å². The van der Waals surface area contributed by atoms with E-state index in [0.29, 0.717) is 25.5 Å². The fourth-order valence-corrected chi connectivity index (χ4v) is 0.930. The van der Waals surface area contributed by atoms with E-state index in [1.165, 1.54) is 0 Å². The predicted molar refractivity (Wildman–Crippen MR) is 49.2 cm³/mol. The summed E-state index contributed by atoms with van der Waals surface area (Å²) >= 11 is 0. The Morgan fingerprint density at radius 3 is 2.67 bits per heavy atom. The number of hydrogen-bond acceptors (Lipinski definition) is 3. The van der Waals surface area contributed by atoms with Gasteiger partial charge in [-0.3, -0.25) is 4.79 Å². The maximum atomic E-state index is 11.1. The average Bonchev–Trinajstić information content (AvgIpc) is 1.97. The molecule has 0 bridgehead atoms. The van der Waals surface area contributed by atoms with E-state index >= 15 is 0 Å². The summed E-state index contributed by atoms with van der Waals surface area (Å²) in [5, 5.41) is 3.02. The molecule has 0 radical (unpaired) electrons. The Kier molecular flexibility index (Phi) is 7.00. The van der Waals surface area contributed by atoms with Crippen molar-refractivity contribution in [1.29, 1.82) is 0 Å². The third-order valence-corrected chi connectivity index (χ3v) is 1.44. The Morgan fingerprint density at radius 2 is 2.17 bits per heavy atom. The summed E-state index contributed by atoms with van der Waals surface area (Å²) in [5.74, 6) is 0.739. The molecule has 0 rings (SSSR count). The molecule has 0 aromatic carbocycles. The van der Waals surface area contributed by atoms with Crippen LogP contribution in [0.5, 0.6) is 0 Å². The lowest BCUT2D eigenvalue weighted by Gasteiger charge is -2.04. The van der Waals surface area contributed by atoms with Gasteiger partial charge in [-0.1, -0.05) is 13.8 Å². The molecule has 0 aliphatic rings. The molecular formula is C9H19NO2. The van der Waals surface area contributed by atoms with Crippen molar-refractivity contribution in [1.82, 2.24) is 5.32 Å². The second-order valence-electron chi connectivity index (χ2n) is 3.31. The van der Waals surface area contributed by atoms with E-state index in [1.807, 2.05) is 13.8 Å². The van der Waals surface area contributed by atoms with E-state index in [9.17, 15) is 4.79 Å². The molecule has 0 unspecified atom stereocenters. The molecule has 0 heterocycles. The summed E-state index contributed by atoms with van der Waals surface area (Å²) in [5.41, 5.74) is 0. The first-order chi connectivity index (χ1) is 5.66. The molecule has 0 aliphatic carbocycles. The Bertz CT molecular complexity index is 124. The van der Waals surface area contributed by atoms with Crippen LogP contribution in [0.25, 0.3) is 0 Å². The quantitative estimate of drug-likeness (QED) is 0.580. The number of rotatable bonds is 7. The van der Waals surface area contributed by atoms with E-state index in [2.05, 4.69) is 5.32 Å². The van der Waals surface area contributed by atoms with Gasteiger partial charge in [0.2, 0.25) is 0 Å². The molecule has 0 spiro atoms. The van der Waals surface area contributed by atoms with Crippen LogP contribution in [-0.2, 0) is 9.53 Å². The number of ether oxygens (including phenoxy) is 1. The first kappa shape index (κ1) is 11.6. The van der Waals surface area contributed by atoms with Crippen LogP contribution in [-0.4, -0.2) is 32.6 Å². The van der Waals surface area contributed by atoms with Crippen molar-refractivity contribution in [3.63, 3.8) is 0 Å². The Morgan fingerprint density at radius 1 is 1.50 bits per heavy atom. The van der Waals surface area contributed by atoms with Crippen LogP contribution in [0.15, 0.2) is 0 Å². The molecule has 72 valence electrons. The van der Waals surface area contributed by atoms with Crippen molar-refractivity contribution in [3.05, 3.63) is 0 Å². The summed E-state index contributed by atoms with van der Waals surface area (Å²) in [6.07, 6.45) is 0.667. The van der Waals surface area contributed by atoms with Gasteiger partial charge in [0.1, 0.15) is 5.78 Å². The molecule has 0 aromatic rings. The third-order valence-electron chi connectivity index (χ3n) is 1.44. The molecule has 0 aliphatic heterocycles. The summed E-state index contributed by atoms with van der Waals surface area (Å²) in [4.78, 5) is 11.1. The topological polar surface area (TPSA) is 38.3 Å². The van der Waals surface area contributed by atoms with Crippen molar-refractivity contribution in [2.45, 2.75) is 20.3 Å². The highest BCUT2D eigenvalue weighted by Crippen LogP contribution is 1.98. The number of ketones is 1. The van der Waals surface area contributed by atoms with Gasteiger partial charge in [-0.2, -0.15) is 0 Å². The van der Waals surface area contributed by atoms with Gasteiger partial charge in [0.05, 0.1) is 13.2 Å². The zero-order valence-corrected chi connectivity index (χ0v) is 8.22. The van der Waals surface area contributed by atoms with Crippen molar-refractivity contribution in [2.24, 2.45) is 5.92 Å². The zero-order chi connectivity index (χ0) is 9.40. The van der Waals surface area contributed by atoms with Crippen molar-refractivity contribution in [3.8, 4) is 0 Å². The van der Waals surface area contributed by atoms with Gasteiger partial charge in [0, 0.05) is 20.1 Å². The van der Waals surface area contributed by atoms with Gasteiger partial charge in [0.25, 0.3) is 0 Å². The largest absolute Gasteiger partial charge is 0.383 e. The lowest BCUT2D eigenvalue weighted by molar-refractivity contribution is -0.118. The lowest BCUT2D eigenvalue weighted by atomic mass is 10.1. The minimum absolute atomic E-state index is 0.279. The molecule has 3 nitrogen and oxygen atoms in total. The molecule has 3 heteroatoms. The second kappa shape index (κ2) is 7.25. The fourth-order valence-electron chi connectivity index (χ4n) is 0.930. The van der Waals surface area contributed by atoms with E-state index in [1.54, 1.807) is 7.11 Å². The van der Waals surface area contributed by atoms with Crippen LogP contribution in [0.1, 0.15) is 20.3 Å². The molecule has 12 heavy (non-hydrogen) atoms. The van der Waals surface area contributed by atoms with Crippen LogP contribution in [0.4, 0.5) is 0 Å². The highest BCUT2D eigenvalue weighted by molar-refractivity contribution is 5.80. The summed E-state index contributed by atoms with van der Waals surface area (Å²) in [6, 6.07) is 0. The third kappa shape index (κ3) is 7.69. The Balaban J connectivity index is 3.20. The summed E-state index contributed by atoms with van der Waals surface area (Å²) < 4.78 is 4.83. The number of carbonyl (C=O) groups excluding carboxylic acids is 1. The molecule has 0 saturated heterocycles. The van der Waals surface area contributed by atoms with Crippen LogP contribution in [0.2, 0.25) is 0 Å². The van der Waals surface area contributed by atoms with E-state index in [0.717, 1.165) is 6.54 Å². The average molecular weight is 173 g/mol. The first-order valence-electron chi connectivity index (χ1n) is 4.38. The van der Waals surface area contributed by atoms with Crippen molar-refractivity contribution < 1.29 is 9.53 Å². The minimum atomic E-state index is 0.279. The molecule has 0 amide bonds. The normalized spacial score (nSPS) is 10.7. The smallest absolute Gasteiger partial charge is 0.146 e. The van der Waals surface area contributed by atoms with Crippen molar-refractivity contribution >= 4 is 5.78 Å². The SMILES string of the molecule is COCCNCC(=O)CC(C)C. The standard InChI is InChI=1S/C9H19NO2/c1-8(2)6-9(11)7-10-4-5-12-3/h8,10H,4-7H2,1-3H3. The van der Waals surface area contributed by atoms with Gasteiger partial charge >= 0.3 is 0 Å². The molecule has 0 fully saturated rings. The lowest BCUT2D eigenvalue weighted by Crippen LogP contribution is -2.26. The Hall–Kier alpha value is -0.410. The molecule has 1 N–H and O–H groups in total. The molecule has 0 atom stereocenters. The number of Topliss-reactive ketones (excluding diaryl/α,β-unsaturated/α-hetero) is 1. The maximum absolute atomic E-state index is 11.1. The fraction of sp³-hybridized carbons (Fsp3) is 0.889. The molecule has 0 saturated carbocycles. The first-order valence-corrected chi connectivity index (χ1v) is 4.38. The van der Waals surface area contributed by atoms with Gasteiger partial charge in [-0.05, 0) is 5.92 Å². The van der Waals surface area contributed by atoms with Gasteiger partial charge in [-0.15, -0.1) is 0 Å². The molecular weight excluding hydrogens is 154 g/mol. The minimum Gasteiger partial charge on any atom is -0.383 e. The highest BCUT2D eigenvalue weighted by atomic mass is 16.5. The molecule has 0 aromatic heterocycles. The highest BCUT2D eigenvalue weighted by Gasteiger charge is 2.03. The number of hydrogen-bond donors (Lipinski definition) is 1. The summed E-state index contributed by atoms with van der Waals surface area (Å²) in [7, 11) is 1.65. The van der Waals surface area contributed by atoms with Gasteiger partial charge < -0.3 is 10.1 Å². The van der Waals surface area contributed by atoms with Crippen LogP contribution < -0.4 is 5.32 Å². The maximum Gasteiger partial charge on any atom is 0.146 e. The number of methoxy groups -OCH3 is 1. The van der Waals surface area contributed by atoms with Crippen LogP contribution in [0, 0.1) is 5.92 Å². The van der Waals surface area contributed by atoms with Crippen molar-refractivity contribution in [2.75, 3.05) is 26.8 Å². The summed E-state index contributed by atoms with van der Waals surface area (Å²) in [6.45, 7) is 5.98. The predicted octanol–water partition coefficient (Wildman–Crippen LogP) is 0.838. The van der Waals surface area contributed by atoms with Crippen LogP contribution >= 0.6 is 0 Å². The zero-order valence-electron chi connectivity index (χ0n) is 8.22. The van der Waals surface area contributed by atoms with Gasteiger partial charge in [-0.25, -0.2) is 0 Å². The number of nitrogens with one attached hydrogen (secondary N) is 1. The monoisotopic (exact) mass is 173 g/mol. The second-order valence-corrected chi connectivity index (χ2v) is 3.31. The number of carbonyl (C=O) groups is 1. The van der Waals surface area contributed by atoms with Crippen LogP contribution in [0.3, 0.4) is 0 Å². The van der Waals surface area contributed by atoms with E-state index in [4.69, 9.17) is 4.74 Å². The Labute approximate surface area is 74.5 Å². The van der Waals surface area contributed by atoms with E-state index in [-0.39, 0.29) is 5.78 Å².